The number of hydrogen-bond acceptors (Lipinski definition) is 7. The Morgan fingerprint density at radius 1 is 0.917 bits per heavy atom. The van der Waals surface area contributed by atoms with Gasteiger partial charge in [0.2, 0.25) is 5.95 Å². The van der Waals surface area contributed by atoms with Crippen molar-refractivity contribution in [2.24, 2.45) is 0 Å². The summed E-state index contributed by atoms with van der Waals surface area (Å²) in [6.45, 7) is 1.92. The molecule has 0 amide bonds. The number of alkyl halides is 3. The van der Waals surface area contributed by atoms with Crippen molar-refractivity contribution in [3.8, 4) is 39.8 Å². The minimum Gasteiger partial charge on any atom is -0.405 e. The van der Waals surface area contributed by atoms with Crippen LogP contribution in [0.1, 0.15) is 5.56 Å². The van der Waals surface area contributed by atoms with Crippen LogP contribution in [0.15, 0.2) is 79.3 Å². The van der Waals surface area contributed by atoms with Gasteiger partial charge in [0.05, 0.1) is 11.3 Å². The fourth-order valence-electron chi connectivity index (χ4n) is 3.50. The van der Waals surface area contributed by atoms with Gasteiger partial charge in [-0.1, -0.05) is 24.3 Å². The summed E-state index contributed by atoms with van der Waals surface area (Å²) in [5.74, 6) is 0.474. The molecule has 0 aliphatic rings. The number of ether oxygens (including phenoxy) is 1. The summed E-state index contributed by atoms with van der Waals surface area (Å²) in [7, 11) is 0. The lowest BCUT2D eigenvalue weighted by Gasteiger charge is -2.11. The van der Waals surface area contributed by atoms with E-state index in [1.54, 1.807) is 30.7 Å². The maximum Gasteiger partial charge on any atom is 0.573 e. The Bertz CT molecular complexity index is 1500. The molecule has 0 fully saturated rings. The summed E-state index contributed by atoms with van der Waals surface area (Å²) in [5, 5.41) is 10.1. The summed E-state index contributed by atoms with van der Waals surface area (Å²) in [6.07, 6.45) is 0.234. The van der Waals surface area contributed by atoms with Crippen molar-refractivity contribution in [3.63, 3.8) is 0 Å². The molecule has 180 valence electrons. The van der Waals surface area contributed by atoms with E-state index in [1.165, 1.54) is 18.2 Å². The highest BCUT2D eigenvalue weighted by Crippen LogP contribution is 2.33. The normalized spacial score (nSPS) is 11.3. The third-order valence-corrected chi connectivity index (χ3v) is 5.21. The average molecular weight is 489 g/mol. The van der Waals surface area contributed by atoms with Gasteiger partial charge in [-0.2, -0.15) is 5.10 Å². The van der Waals surface area contributed by atoms with Crippen molar-refractivity contribution < 1.29 is 17.9 Å². The molecule has 0 aliphatic heterocycles. The number of pyridine rings is 1. The van der Waals surface area contributed by atoms with Crippen LogP contribution in [-0.4, -0.2) is 36.5 Å². The number of rotatable bonds is 6. The molecule has 2 aromatic carbocycles. The molecule has 0 radical (unpaired) electrons. The van der Waals surface area contributed by atoms with Crippen molar-refractivity contribution in [2.45, 2.75) is 13.3 Å². The van der Waals surface area contributed by atoms with Crippen molar-refractivity contribution in [1.29, 1.82) is 0 Å². The molecule has 8 nitrogen and oxygen atoms in total. The van der Waals surface area contributed by atoms with E-state index in [9.17, 15) is 13.2 Å². The van der Waals surface area contributed by atoms with Crippen molar-refractivity contribution in [3.05, 3.63) is 84.8 Å². The lowest BCUT2D eigenvalue weighted by molar-refractivity contribution is -0.274. The Hall–Kier alpha value is -4.80. The Labute approximate surface area is 203 Å². The van der Waals surface area contributed by atoms with Crippen LogP contribution in [0.5, 0.6) is 5.75 Å². The van der Waals surface area contributed by atoms with Gasteiger partial charge in [0, 0.05) is 35.4 Å². The van der Waals surface area contributed by atoms with E-state index in [-0.39, 0.29) is 17.1 Å². The number of aromatic amines is 1. The second kappa shape index (κ2) is 9.45. The van der Waals surface area contributed by atoms with E-state index in [0.29, 0.717) is 23.0 Å². The quantitative estimate of drug-likeness (QED) is 0.304. The van der Waals surface area contributed by atoms with Crippen LogP contribution >= 0.6 is 0 Å². The molecule has 3 heterocycles. The third-order valence-electron chi connectivity index (χ3n) is 5.21. The fraction of sp³-hybridized carbons (Fsp3) is 0.0800. The molecule has 0 saturated carbocycles. The molecule has 0 aliphatic carbocycles. The maximum atomic E-state index is 12.8. The summed E-state index contributed by atoms with van der Waals surface area (Å²) in [5.41, 5.74) is 4.00. The molecular formula is C25H18F3N7O. The second-order valence-corrected chi connectivity index (χ2v) is 7.71. The van der Waals surface area contributed by atoms with Crippen molar-refractivity contribution in [2.75, 3.05) is 5.32 Å². The summed E-state index contributed by atoms with van der Waals surface area (Å²) >= 11 is 0. The number of nitrogens with zero attached hydrogens (tertiary/aromatic N) is 5. The van der Waals surface area contributed by atoms with Gasteiger partial charge < -0.3 is 10.1 Å². The number of nitrogens with one attached hydrogen (secondary N) is 2. The van der Waals surface area contributed by atoms with E-state index in [1.807, 2.05) is 37.3 Å². The molecule has 5 rings (SSSR count). The van der Waals surface area contributed by atoms with Gasteiger partial charge in [-0.25, -0.2) is 15.0 Å². The molecule has 5 aromatic rings. The summed E-state index contributed by atoms with van der Waals surface area (Å²) < 4.78 is 42.5. The fourth-order valence-corrected chi connectivity index (χ4v) is 3.50. The van der Waals surface area contributed by atoms with Crippen LogP contribution < -0.4 is 10.1 Å². The Morgan fingerprint density at radius 3 is 2.58 bits per heavy atom. The molecule has 0 atom stereocenters. The van der Waals surface area contributed by atoms with Crippen LogP contribution in [0.4, 0.5) is 24.8 Å². The lowest BCUT2D eigenvalue weighted by atomic mass is 10.1. The second-order valence-electron chi connectivity index (χ2n) is 7.71. The van der Waals surface area contributed by atoms with Gasteiger partial charge in [-0.3, -0.25) is 10.1 Å². The number of aryl methyl sites for hydroxylation is 1. The van der Waals surface area contributed by atoms with Gasteiger partial charge >= 0.3 is 6.36 Å². The summed E-state index contributed by atoms with van der Waals surface area (Å²) in [6, 6.07) is 16.8. The van der Waals surface area contributed by atoms with E-state index in [0.717, 1.165) is 16.8 Å². The van der Waals surface area contributed by atoms with E-state index in [4.69, 9.17) is 0 Å². The molecule has 3 aromatic heterocycles. The third kappa shape index (κ3) is 5.14. The van der Waals surface area contributed by atoms with Gasteiger partial charge in [0.25, 0.3) is 0 Å². The van der Waals surface area contributed by atoms with Crippen molar-refractivity contribution in [1.82, 2.24) is 30.1 Å². The highest BCUT2D eigenvalue weighted by atomic mass is 19.4. The Morgan fingerprint density at radius 2 is 1.78 bits per heavy atom. The average Bonchev–Trinajstić information content (AvgIpc) is 3.36. The lowest BCUT2D eigenvalue weighted by Crippen LogP contribution is -2.17. The molecule has 2 N–H and O–H groups in total. The van der Waals surface area contributed by atoms with Gasteiger partial charge in [-0.05, 0) is 48.9 Å². The van der Waals surface area contributed by atoms with E-state index in [2.05, 4.69) is 40.2 Å². The van der Waals surface area contributed by atoms with Crippen LogP contribution in [-0.2, 0) is 0 Å². The highest BCUT2D eigenvalue weighted by molar-refractivity contribution is 5.71. The molecule has 11 heteroatoms. The van der Waals surface area contributed by atoms with E-state index < -0.39 is 6.36 Å². The SMILES string of the molecule is Cc1ccc(-c2n[nH]c(-c3ccccc3OC(F)(F)F)n2)cc1Nc1nccc(-c2cccnc2)n1. The first kappa shape index (κ1) is 23.0. The van der Waals surface area contributed by atoms with Crippen LogP contribution in [0, 0.1) is 6.92 Å². The van der Waals surface area contributed by atoms with E-state index >= 15 is 0 Å². The standard InChI is InChI=1S/C25H18F3N7O/c1-15-8-9-16(13-20(15)32-24-30-12-10-19(31-24)17-5-4-11-29-14-17)22-33-23(35-34-22)18-6-2-3-7-21(18)36-25(26,27)28/h2-14H,1H3,(H,30,31,32)(H,33,34,35). The number of H-pyrrole nitrogens is 1. The first-order chi connectivity index (χ1) is 17.4. The number of benzene rings is 2. The number of halogens is 3. The molecule has 36 heavy (non-hydrogen) atoms. The maximum absolute atomic E-state index is 12.8. The van der Waals surface area contributed by atoms with Crippen LogP contribution in [0.2, 0.25) is 0 Å². The molecule has 0 saturated heterocycles. The predicted octanol–water partition coefficient (Wildman–Crippen LogP) is 5.94. The molecule has 0 bridgehead atoms. The number of hydrogen-bond donors (Lipinski definition) is 2. The smallest absolute Gasteiger partial charge is 0.405 e. The summed E-state index contributed by atoms with van der Waals surface area (Å²) in [4.78, 5) is 17.4. The van der Waals surface area contributed by atoms with Gasteiger partial charge in [-0.15, -0.1) is 13.2 Å². The highest BCUT2D eigenvalue weighted by Gasteiger charge is 2.32. The topological polar surface area (TPSA) is 102 Å². The van der Waals surface area contributed by atoms with Crippen molar-refractivity contribution >= 4 is 11.6 Å². The predicted molar refractivity (Wildman–Crippen MR) is 127 cm³/mol. The first-order valence-corrected chi connectivity index (χ1v) is 10.7. The van der Waals surface area contributed by atoms with Crippen LogP contribution in [0.3, 0.4) is 0 Å². The van der Waals surface area contributed by atoms with Gasteiger partial charge in [0.1, 0.15) is 5.75 Å². The number of para-hydroxylation sites is 1. The monoisotopic (exact) mass is 489 g/mol. The van der Waals surface area contributed by atoms with Gasteiger partial charge in [0.15, 0.2) is 11.6 Å². The zero-order valence-corrected chi connectivity index (χ0v) is 18.8. The Balaban J connectivity index is 1.42. The number of aromatic nitrogens is 6. The minimum atomic E-state index is -4.83. The largest absolute Gasteiger partial charge is 0.573 e. The van der Waals surface area contributed by atoms with Crippen LogP contribution in [0.25, 0.3) is 34.0 Å². The molecular weight excluding hydrogens is 471 g/mol. The Kier molecular flexibility index (Phi) is 6.03. The molecule has 0 spiro atoms. The number of anilines is 2. The first-order valence-electron chi connectivity index (χ1n) is 10.7. The molecule has 0 unspecified atom stereocenters. The zero-order chi connectivity index (χ0) is 25.1. The minimum absolute atomic E-state index is 0.139. The zero-order valence-electron chi connectivity index (χ0n) is 18.8.